The van der Waals surface area contributed by atoms with Gasteiger partial charge in [0.05, 0.1) is 20.7 Å². The summed E-state index contributed by atoms with van der Waals surface area (Å²) >= 11 is 0. The van der Waals surface area contributed by atoms with Crippen molar-refractivity contribution in [2.75, 3.05) is 33.9 Å². The summed E-state index contributed by atoms with van der Waals surface area (Å²) in [5, 5.41) is 13.5. The molecule has 0 bridgehead atoms. The van der Waals surface area contributed by atoms with Crippen molar-refractivity contribution in [2.24, 2.45) is 5.73 Å². The summed E-state index contributed by atoms with van der Waals surface area (Å²) in [6.07, 6.45) is 2.99. The van der Waals surface area contributed by atoms with Gasteiger partial charge in [0.1, 0.15) is 24.8 Å². The van der Waals surface area contributed by atoms with E-state index in [2.05, 4.69) is 24.0 Å². The Balaban J connectivity index is 1.60. The van der Waals surface area contributed by atoms with Gasteiger partial charge in [-0.05, 0) is 42.0 Å². The fraction of sp³-hybridized carbons (Fsp3) is 0.483. The highest BCUT2D eigenvalue weighted by Crippen LogP contribution is 2.38. The van der Waals surface area contributed by atoms with Gasteiger partial charge in [0.25, 0.3) is 0 Å². The van der Waals surface area contributed by atoms with Crippen molar-refractivity contribution in [3.63, 3.8) is 0 Å². The predicted molar refractivity (Wildman–Crippen MR) is 143 cm³/mol. The van der Waals surface area contributed by atoms with Crippen LogP contribution >= 0.6 is 0 Å². The second-order valence-corrected chi connectivity index (χ2v) is 10.7. The van der Waals surface area contributed by atoms with E-state index in [0.717, 1.165) is 41.3 Å². The van der Waals surface area contributed by atoms with Gasteiger partial charge in [-0.1, -0.05) is 37.6 Å². The minimum Gasteiger partial charge on any atom is -0.471 e. The van der Waals surface area contributed by atoms with E-state index in [-0.39, 0.29) is 6.61 Å². The SMILES string of the molecule is CCCCc1cc2ccccc2c(OCC[N+](C)(C)[C@@]2(Cc3ccc(F)nc3)CCOC(C(N)=O)[C@@H]2O)n1. The number of primary amides is 1. The zero-order valence-corrected chi connectivity index (χ0v) is 22.4. The van der Waals surface area contributed by atoms with Crippen molar-refractivity contribution in [2.45, 2.75) is 56.8 Å². The number of unbranched alkanes of at least 4 members (excludes halogenated alkanes) is 1. The zero-order valence-electron chi connectivity index (χ0n) is 22.4. The molecule has 1 amide bonds. The first-order valence-electron chi connectivity index (χ1n) is 13.2. The summed E-state index contributed by atoms with van der Waals surface area (Å²) in [5.41, 5.74) is 6.49. The lowest BCUT2D eigenvalue weighted by molar-refractivity contribution is -0.948. The molecule has 3 atom stereocenters. The van der Waals surface area contributed by atoms with Gasteiger partial charge in [0.2, 0.25) is 17.7 Å². The predicted octanol–water partition coefficient (Wildman–Crippen LogP) is 3.18. The third kappa shape index (κ3) is 5.80. The van der Waals surface area contributed by atoms with Gasteiger partial charge >= 0.3 is 0 Å². The molecule has 3 N–H and O–H groups in total. The Labute approximate surface area is 223 Å². The molecule has 3 heterocycles. The molecule has 0 saturated carbocycles. The number of aliphatic hydroxyl groups excluding tert-OH is 1. The van der Waals surface area contributed by atoms with Crippen LogP contribution in [0.3, 0.4) is 0 Å². The summed E-state index contributed by atoms with van der Waals surface area (Å²) < 4.78 is 25.7. The number of carbonyl (C=O) groups is 1. The number of nitrogens with zero attached hydrogens (tertiary/aromatic N) is 3. The van der Waals surface area contributed by atoms with Crippen molar-refractivity contribution in [3.05, 3.63) is 65.9 Å². The number of hydrogen-bond donors (Lipinski definition) is 2. The van der Waals surface area contributed by atoms with Crippen molar-refractivity contribution in [1.29, 1.82) is 0 Å². The highest BCUT2D eigenvalue weighted by molar-refractivity contribution is 5.87. The first-order valence-corrected chi connectivity index (χ1v) is 13.2. The van der Waals surface area contributed by atoms with Crippen LogP contribution in [0.1, 0.15) is 37.4 Å². The number of quaternary nitrogens is 1. The smallest absolute Gasteiger partial charge is 0.249 e. The van der Waals surface area contributed by atoms with Gasteiger partial charge < -0.3 is 24.8 Å². The maximum atomic E-state index is 13.5. The number of rotatable bonds is 11. The van der Waals surface area contributed by atoms with Crippen molar-refractivity contribution >= 4 is 16.7 Å². The van der Waals surface area contributed by atoms with Crippen molar-refractivity contribution in [3.8, 4) is 5.88 Å². The number of benzene rings is 1. The molecular weight excluding hydrogens is 487 g/mol. The number of amides is 1. The number of nitrogens with two attached hydrogens (primary N) is 1. The van der Waals surface area contributed by atoms with E-state index in [4.69, 9.17) is 20.2 Å². The second-order valence-electron chi connectivity index (χ2n) is 10.7. The maximum Gasteiger partial charge on any atom is 0.249 e. The van der Waals surface area contributed by atoms with Gasteiger partial charge in [-0.2, -0.15) is 4.39 Å². The van der Waals surface area contributed by atoms with Crippen LogP contribution in [0.2, 0.25) is 0 Å². The van der Waals surface area contributed by atoms with Gasteiger partial charge in [0, 0.05) is 30.1 Å². The quantitative estimate of drug-likeness (QED) is 0.294. The van der Waals surface area contributed by atoms with Crippen LogP contribution < -0.4 is 10.5 Å². The zero-order chi connectivity index (χ0) is 27.3. The number of aryl methyl sites for hydroxylation is 1. The van der Waals surface area contributed by atoms with Crippen LogP contribution in [0, 0.1) is 5.95 Å². The van der Waals surface area contributed by atoms with E-state index in [0.29, 0.717) is 36.4 Å². The first-order chi connectivity index (χ1) is 18.2. The summed E-state index contributed by atoms with van der Waals surface area (Å²) in [6.45, 7) is 3.25. The number of halogens is 1. The number of likely N-dealkylation sites (N-methyl/N-ethyl adjacent to an activating group) is 1. The Kier molecular flexibility index (Phi) is 8.60. The molecule has 1 unspecified atom stereocenters. The molecule has 0 spiro atoms. The van der Waals surface area contributed by atoms with Crippen molar-refractivity contribution < 1.29 is 28.2 Å². The average Bonchev–Trinajstić information content (AvgIpc) is 2.89. The molecule has 0 radical (unpaired) electrons. The van der Waals surface area contributed by atoms with Crippen molar-refractivity contribution in [1.82, 2.24) is 9.97 Å². The number of pyridine rings is 2. The van der Waals surface area contributed by atoms with Gasteiger partial charge in [0.15, 0.2) is 6.10 Å². The van der Waals surface area contributed by atoms with Crippen LogP contribution in [0.4, 0.5) is 4.39 Å². The monoisotopic (exact) mass is 525 g/mol. The number of aliphatic hydroxyl groups is 1. The maximum absolute atomic E-state index is 13.5. The molecule has 38 heavy (non-hydrogen) atoms. The number of fused-ring (bicyclic) bond motifs is 1. The Bertz CT molecular complexity index is 1250. The van der Waals surface area contributed by atoms with Crippen LogP contribution in [-0.4, -0.2) is 77.1 Å². The third-order valence-electron chi connectivity index (χ3n) is 7.89. The molecule has 9 heteroatoms. The summed E-state index contributed by atoms with van der Waals surface area (Å²) in [6, 6.07) is 13.1. The third-order valence-corrected chi connectivity index (χ3v) is 7.89. The molecule has 0 aliphatic carbocycles. The van der Waals surface area contributed by atoms with E-state index in [1.807, 2.05) is 32.3 Å². The number of hydrogen-bond acceptors (Lipinski definition) is 6. The highest BCUT2D eigenvalue weighted by Gasteiger charge is 2.57. The molecule has 8 nitrogen and oxygen atoms in total. The minimum atomic E-state index is -1.18. The fourth-order valence-corrected chi connectivity index (χ4v) is 5.46. The fourth-order valence-electron chi connectivity index (χ4n) is 5.46. The van der Waals surface area contributed by atoms with Gasteiger partial charge in [-0.25, -0.2) is 9.97 Å². The standard InChI is InChI=1S/C29H37FN4O4/c1-4-5-9-22-17-21-8-6-7-10-23(21)28(33-22)38-16-14-34(2,3)29(18-20-11-12-24(30)32-19-20)13-15-37-25(26(29)35)27(31)36/h6-8,10-12,17,19,25-26,35H,4-5,9,13-16,18H2,1-3H3,(H-,31,36)/p+1/t25?,26-,29+/m0/s1. The Hall–Kier alpha value is -3.14. The molecular formula is C29H38FN4O4+. The van der Waals surface area contributed by atoms with Crippen LogP contribution in [0.15, 0.2) is 48.7 Å². The molecule has 1 aromatic carbocycles. The number of carbonyl (C=O) groups excluding carboxylic acids is 1. The van der Waals surface area contributed by atoms with Gasteiger partial charge in [-0.3, -0.25) is 4.79 Å². The van der Waals surface area contributed by atoms with E-state index in [9.17, 15) is 14.3 Å². The molecule has 2 aromatic heterocycles. The summed E-state index contributed by atoms with van der Waals surface area (Å²) in [7, 11) is 3.99. The number of ether oxygens (including phenoxy) is 2. The molecule has 1 saturated heterocycles. The minimum absolute atomic E-state index is 0.257. The molecule has 1 aliphatic rings. The number of aromatic nitrogens is 2. The molecule has 4 rings (SSSR count). The van der Waals surface area contributed by atoms with Gasteiger partial charge in [-0.15, -0.1) is 0 Å². The lowest BCUT2D eigenvalue weighted by Gasteiger charge is -2.54. The van der Waals surface area contributed by atoms with Crippen LogP contribution in [-0.2, 0) is 22.4 Å². The summed E-state index contributed by atoms with van der Waals surface area (Å²) in [4.78, 5) is 20.7. The lowest BCUT2D eigenvalue weighted by atomic mass is 9.75. The Morgan fingerprint density at radius 2 is 2.08 bits per heavy atom. The molecule has 1 fully saturated rings. The van der Waals surface area contributed by atoms with E-state index < -0.39 is 29.6 Å². The molecule has 3 aromatic rings. The average molecular weight is 526 g/mol. The van der Waals surface area contributed by atoms with E-state index >= 15 is 0 Å². The first kappa shape index (κ1) is 27.9. The normalized spacial score (nSPS) is 21.9. The Morgan fingerprint density at radius 3 is 2.79 bits per heavy atom. The van der Waals surface area contributed by atoms with E-state index in [1.165, 1.54) is 12.3 Å². The lowest BCUT2D eigenvalue weighted by Crippen LogP contribution is -2.73. The largest absolute Gasteiger partial charge is 0.471 e. The molecule has 204 valence electrons. The Morgan fingerprint density at radius 1 is 1.29 bits per heavy atom. The second kappa shape index (κ2) is 11.7. The van der Waals surface area contributed by atoms with Crippen LogP contribution in [0.25, 0.3) is 10.8 Å². The van der Waals surface area contributed by atoms with Crippen LogP contribution in [0.5, 0.6) is 5.88 Å². The highest BCUT2D eigenvalue weighted by atomic mass is 19.1. The van der Waals surface area contributed by atoms with E-state index in [1.54, 1.807) is 6.07 Å². The topological polar surface area (TPSA) is 108 Å². The molecule has 1 aliphatic heterocycles. The summed E-state index contributed by atoms with van der Waals surface area (Å²) in [5.74, 6) is -0.698.